The van der Waals surface area contributed by atoms with E-state index in [1.54, 1.807) is 12.1 Å². The SMILES string of the molecule is CC(=O)c1ccc(Oc2cccc(C(C)(C)C)c2)nc1. The van der Waals surface area contributed by atoms with E-state index < -0.39 is 0 Å². The summed E-state index contributed by atoms with van der Waals surface area (Å²) < 4.78 is 5.73. The molecule has 1 aromatic heterocycles. The van der Waals surface area contributed by atoms with Crippen LogP contribution in [0, 0.1) is 0 Å². The molecule has 0 atom stereocenters. The van der Waals surface area contributed by atoms with Crippen molar-refractivity contribution in [3.05, 3.63) is 53.7 Å². The number of Topliss-reactive ketones (excluding diaryl/α,β-unsaturated/α-hetero) is 1. The van der Waals surface area contributed by atoms with Gasteiger partial charge in [0.1, 0.15) is 5.75 Å². The molecule has 3 nitrogen and oxygen atoms in total. The first-order valence-electron chi connectivity index (χ1n) is 6.61. The zero-order chi connectivity index (χ0) is 14.8. The first-order chi connectivity index (χ1) is 9.36. The summed E-state index contributed by atoms with van der Waals surface area (Å²) in [5, 5.41) is 0. The van der Waals surface area contributed by atoms with Gasteiger partial charge in [-0.3, -0.25) is 4.79 Å². The van der Waals surface area contributed by atoms with Crippen molar-refractivity contribution in [2.45, 2.75) is 33.1 Å². The molecule has 0 spiro atoms. The molecule has 2 aromatic rings. The minimum absolute atomic E-state index is 0.00113. The van der Waals surface area contributed by atoms with Crippen molar-refractivity contribution in [3.8, 4) is 11.6 Å². The summed E-state index contributed by atoms with van der Waals surface area (Å²) in [6.07, 6.45) is 1.53. The fourth-order valence-electron chi connectivity index (χ4n) is 1.80. The number of hydrogen-bond donors (Lipinski definition) is 0. The average Bonchev–Trinajstić information content (AvgIpc) is 2.38. The number of aromatic nitrogens is 1. The van der Waals surface area contributed by atoms with Crippen LogP contribution in [0.25, 0.3) is 0 Å². The van der Waals surface area contributed by atoms with Gasteiger partial charge >= 0.3 is 0 Å². The third-order valence-corrected chi connectivity index (χ3v) is 3.07. The Morgan fingerprint density at radius 1 is 1.15 bits per heavy atom. The van der Waals surface area contributed by atoms with E-state index in [2.05, 4.69) is 31.8 Å². The highest BCUT2D eigenvalue weighted by Gasteiger charge is 2.14. The lowest BCUT2D eigenvalue weighted by atomic mass is 9.87. The molecule has 3 heteroatoms. The largest absolute Gasteiger partial charge is 0.439 e. The lowest BCUT2D eigenvalue weighted by Crippen LogP contribution is -2.10. The van der Waals surface area contributed by atoms with E-state index >= 15 is 0 Å². The Hall–Kier alpha value is -2.16. The molecule has 0 aliphatic carbocycles. The van der Waals surface area contributed by atoms with E-state index in [4.69, 9.17) is 4.74 Å². The highest BCUT2D eigenvalue weighted by Crippen LogP contribution is 2.27. The van der Waals surface area contributed by atoms with E-state index in [1.165, 1.54) is 18.7 Å². The van der Waals surface area contributed by atoms with Gasteiger partial charge in [0.05, 0.1) is 0 Å². The number of benzene rings is 1. The van der Waals surface area contributed by atoms with Gasteiger partial charge in [-0.1, -0.05) is 32.9 Å². The van der Waals surface area contributed by atoms with Crippen LogP contribution in [0.15, 0.2) is 42.6 Å². The molecule has 0 radical (unpaired) electrons. The molecule has 0 saturated heterocycles. The summed E-state index contributed by atoms with van der Waals surface area (Å²) in [6, 6.07) is 11.4. The van der Waals surface area contributed by atoms with Gasteiger partial charge in [-0.25, -0.2) is 4.98 Å². The van der Waals surface area contributed by atoms with Crippen LogP contribution < -0.4 is 4.74 Å². The maximum absolute atomic E-state index is 11.2. The summed E-state index contributed by atoms with van der Waals surface area (Å²) in [5.41, 5.74) is 1.86. The molecule has 2 rings (SSSR count). The lowest BCUT2D eigenvalue weighted by Gasteiger charge is -2.19. The van der Waals surface area contributed by atoms with Crippen LogP contribution in [-0.2, 0) is 5.41 Å². The summed E-state index contributed by atoms with van der Waals surface area (Å²) in [4.78, 5) is 15.3. The Kier molecular flexibility index (Phi) is 3.89. The van der Waals surface area contributed by atoms with Gasteiger partial charge in [0.15, 0.2) is 5.78 Å². The minimum Gasteiger partial charge on any atom is -0.439 e. The number of pyridine rings is 1. The molecule has 0 N–H and O–H groups in total. The number of nitrogens with zero attached hydrogens (tertiary/aromatic N) is 1. The highest BCUT2D eigenvalue weighted by molar-refractivity contribution is 5.93. The van der Waals surface area contributed by atoms with Gasteiger partial charge < -0.3 is 4.74 Å². The second-order valence-corrected chi connectivity index (χ2v) is 5.82. The number of carbonyl (C=O) groups excluding carboxylic acids is 1. The molecule has 0 bridgehead atoms. The van der Waals surface area contributed by atoms with Crippen LogP contribution in [-0.4, -0.2) is 10.8 Å². The molecule has 104 valence electrons. The molecule has 0 fully saturated rings. The number of ether oxygens (including phenoxy) is 1. The van der Waals surface area contributed by atoms with E-state index in [9.17, 15) is 4.79 Å². The minimum atomic E-state index is -0.00113. The zero-order valence-electron chi connectivity index (χ0n) is 12.3. The van der Waals surface area contributed by atoms with Crippen LogP contribution in [0.3, 0.4) is 0 Å². The number of carbonyl (C=O) groups is 1. The van der Waals surface area contributed by atoms with Crippen LogP contribution >= 0.6 is 0 Å². The zero-order valence-corrected chi connectivity index (χ0v) is 12.3. The van der Waals surface area contributed by atoms with Crippen molar-refractivity contribution in [2.75, 3.05) is 0 Å². The lowest BCUT2D eigenvalue weighted by molar-refractivity contribution is 0.101. The van der Waals surface area contributed by atoms with Crippen LogP contribution in [0.1, 0.15) is 43.6 Å². The number of ketones is 1. The second kappa shape index (κ2) is 5.45. The maximum Gasteiger partial charge on any atom is 0.219 e. The molecule has 0 amide bonds. The van der Waals surface area contributed by atoms with Crippen LogP contribution in [0.2, 0.25) is 0 Å². The van der Waals surface area contributed by atoms with Gasteiger partial charge in [-0.15, -0.1) is 0 Å². The Labute approximate surface area is 119 Å². The molecule has 0 unspecified atom stereocenters. The smallest absolute Gasteiger partial charge is 0.219 e. The Balaban J connectivity index is 2.20. The third kappa shape index (κ3) is 3.44. The fraction of sp³-hybridized carbons (Fsp3) is 0.294. The quantitative estimate of drug-likeness (QED) is 0.776. The normalized spacial score (nSPS) is 11.2. The first kappa shape index (κ1) is 14.3. The topological polar surface area (TPSA) is 39.2 Å². The molecule has 20 heavy (non-hydrogen) atoms. The molecule has 1 heterocycles. The molecular weight excluding hydrogens is 250 g/mol. The van der Waals surface area contributed by atoms with Crippen molar-refractivity contribution in [3.63, 3.8) is 0 Å². The van der Waals surface area contributed by atoms with Gasteiger partial charge in [-0.05, 0) is 36.1 Å². The predicted octanol–water partition coefficient (Wildman–Crippen LogP) is 4.37. The van der Waals surface area contributed by atoms with Crippen molar-refractivity contribution in [1.29, 1.82) is 0 Å². The van der Waals surface area contributed by atoms with Gasteiger partial charge in [0.2, 0.25) is 5.88 Å². The Bertz CT molecular complexity index is 610. The fourth-order valence-corrected chi connectivity index (χ4v) is 1.80. The van der Waals surface area contributed by atoms with Crippen LogP contribution in [0.4, 0.5) is 0 Å². The summed E-state index contributed by atoms with van der Waals surface area (Å²) in [5.74, 6) is 1.24. The molecule has 0 saturated carbocycles. The second-order valence-electron chi connectivity index (χ2n) is 5.82. The van der Waals surface area contributed by atoms with Crippen molar-refractivity contribution in [1.82, 2.24) is 4.98 Å². The number of hydrogen-bond acceptors (Lipinski definition) is 3. The van der Waals surface area contributed by atoms with Crippen molar-refractivity contribution < 1.29 is 9.53 Å². The van der Waals surface area contributed by atoms with Crippen molar-refractivity contribution in [2.24, 2.45) is 0 Å². The van der Waals surface area contributed by atoms with Gasteiger partial charge in [-0.2, -0.15) is 0 Å². The summed E-state index contributed by atoms with van der Waals surface area (Å²) in [6.45, 7) is 7.99. The Morgan fingerprint density at radius 2 is 1.90 bits per heavy atom. The Morgan fingerprint density at radius 3 is 2.45 bits per heavy atom. The molecule has 0 aliphatic rings. The molecular formula is C17H19NO2. The maximum atomic E-state index is 11.2. The first-order valence-corrected chi connectivity index (χ1v) is 6.61. The standard InChI is InChI=1S/C17H19NO2/c1-12(19)13-8-9-16(18-11-13)20-15-7-5-6-14(10-15)17(2,3)4/h5-11H,1-4H3. The predicted molar refractivity (Wildman–Crippen MR) is 79.5 cm³/mol. The molecule has 1 aromatic carbocycles. The van der Waals surface area contributed by atoms with Crippen LogP contribution in [0.5, 0.6) is 11.6 Å². The van der Waals surface area contributed by atoms with Gasteiger partial charge in [0.25, 0.3) is 0 Å². The van der Waals surface area contributed by atoms with Crippen molar-refractivity contribution >= 4 is 5.78 Å². The summed E-state index contributed by atoms with van der Waals surface area (Å²) >= 11 is 0. The van der Waals surface area contributed by atoms with E-state index in [-0.39, 0.29) is 11.2 Å². The highest BCUT2D eigenvalue weighted by atomic mass is 16.5. The van der Waals surface area contributed by atoms with E-state index in [1.807, 2.05) is 18.2 Å². The molecule has 0 aliphatic heterocycles. The van der Waals surface area contributed by atoms with E-state index in [0.29, 0.717) is 11.4 Å². The average molecular weight is 269 g/mol. The monoisotopic (exact) mass is 269 g/mol. The summed E-state index contributed by atoms with van der Waals surface area (Å²) in [7, 11) is 0. The van der Waals surface area contributed by atoms with E-state index in [0.717, 1.165) is 5.75 Å². The van der Waals surface area contributed by atoms with Gasteiger partial charge in [0, 0.05) is 17.8 Å². The number of rotatable bonds is 3. The third-order valence-electron chi connectivity index (χ3n) is 3.07.